The number of aromatic nitrogens is 3. The maximum atomic E-state index is 13.7. The van der Waals surface area contributed by atoms with Crippen LogP contribution in [0.3, 0.4) is 0 Å². The molecule has 0 saturated heterocycles. The lowest BCUT2D eigenvalue weighted by atomic mass is 10.3. The molecule has 0 aliphatic rings. The fraction of sp³-hybridized carbons (Fsp3) is 0.235. The summed E-state index contributed by atoms with van der Waals surface area (Å²) in [4.78, 5) is 11.7. The van der Waals surface area contributed by atoms with Crippen LogP contribution in [0.5, 0.6) is 0 Å². The molecule has 0 bridgehead atoms. The van der Waals surface area contributed by atoms with Crippen molar-refractivity contribution in [2.75, 3.05) is 17.5 Å². The Morgan fingerprint density at radius 2 is 1.86 bits per heavy atom. The summed E-state index contributed by atoms with van der Waals surface area (Å²) in [6.07, 6.45) is 1.27. The summed E-state index contributed by atoms with van der Waals surface area (Å²) >= 11 is 0. The maximum Gasteiger partial charge on any atom is 0.326 e. The number of benzene rings is 1. The molecule has 28 heavy (non-hydrogen) atoms. The maximum absolute atomic E-state index is 13.7. The Kier molecular flexibility index (Phi) is 5.27. The first-order valence-electron chi connectivity index (χ1n) is 8.18. The van der Waals surface area contributed by atoms with Gasteiger partial charge < -0.3 is 4.74 Å². The summed E-state index contributed by atoms with van der Waals surface area (Å²) < 4.78 is 60.6. The molecule has 2 aromatic heterocycles. The lowest BCUT2D eigenvalue weighted by Crippen LogP contribution is -2.37. The number of hydrogen-bond acceptors (Lipinski definition) is 6. The Balaban J connectivity index is 2.13. The highest BCUT2D eigenvalue weighted by Crippen LogP contribution is 2.26. The number of fused-ring (bicyclic) bond motifs is 1. The van der Waals surface area contributed by atoms with Gasteiger partial charge in [-0.05, 0) is 38.1 Å². The fourth-order valence-electron chi connectivity index (χ4n) is 2.59. The third kappa shape index (κ3) is 3.79. The first-order chi connectivity index (χ1) is 13.2. The van der Waals surface area contributed by atoms with Gasteiger partial charge in [-0.3, -0.25) is 13.5 Å². The minimum absolute atomic E-state index is 0.0239. The van der Waals surface area contributed by atoms with Crippen LogP contribution in [0.2, 0.25) is 0 Å². The van der Waals surface area contributed by atoms with E-state index in [9.17, 15) is 22.0 Å². The van der Waals surface area contributed by atoms with Gasteiger partial charge in [0, 0.05) is 12.3 Å². The van der Waals surface area contributed by atoms with E-state index in [-0.39, 0.29) is 17.2 Å². The Labute approximate surface area is 159 Å². The van der Waals surface area contributed by atoms with Gasteiger partial charge in [0.25, 0.3) is 10.0 Å². The van der Waals surface area contributed by atoms with Crippen LogP contribution in [0.4, 0.5) is 14.5 Å². The molecule has 0 aliphatic carbocycles. The number of ether oxygens (including phenoxy) is 1. The molecule has 0 saturated carbocycles. The summed E-state index contributed by atoms with van der Waals surface area (Å²) in [6, 6.07) is 4.95. The predicted octanol–water partition coefficient (Wildman–Crippen LogP) is 2.07. The van der Waals surface area contributed by atoms with E-state index in [0.29, 0.717) is 21.8 Å². The van der Waals surface area contributed by atoms with Crippen LogP contribution >= 0.6 is 0 Å². The van der Waals surface area contributed by atoms with Crippen molar-refractivity contribution < 1.29 is 26.7 Å². The van der Waals surface area contributed by atoms with Crippen molar-refractivity contribution in [3.63, 3.8) is 0 Å². The summed E-state index contributed by atoms with van der Waals surface area (Å²) in [5.74, 6) is -2.38. The topological polar surface area (TPSA) is 93.9 Å². The number of carbonyl (C=O) groups is 1. The van der Waals surface area contributed by atoms with Crippen LogP contribution < -0.4 is 4.31 Å². The van der Waals surface area contributed by atoms with Crippen LogP contribution in [0, 0.1) is 18.6 Å². The van der Waals surface area contributed by atoms with Gasteiger partial charge in [-0.1, -0.05) is 0 Å². The second kappa shape index (κ2) is 7.50. The summed E-state index contributed by atoms with van der Waals surface area (Å²) in [6.45, 7) is 2.46. The second-order valence-electron chi connectivity index (χ2n) is 5.78. The van der Waals surface area contributed by atoms with E-state index in [4.69, 9.17) is 4.74 Å². The fourth-order valence-corrected chi connectivity index (χ4v) is 3.98. The molecule has 1 aromatic carbocycles. The van der Waals surface area contributed by atoms with Crippen molar-refractivity contribution in [2.45, 2.75) is 18.7 Å². The Morgan fingerprint density at radius 3 is 2.50 bits per heavy atom. The number of aryl methyl sites for hydroxylation is 1. The van der Waals surface area contributed by atoms with Crippen molar-refractivity contribution >= 4 is 27.3 Å². The normalized spacial score (nSPS) is 11.6. The molecular formula is C17H16F2N4O4S. The minimum Gasteiger partial charge on any atom is -0.465 e. The monoisotopic (exact) mass is 410 g/mol. The van der Waals surface area contributed by atoms with E-state index in [2.05, 4.69) is 10.2 Å². The first-order valence-corrected chi connectivity index (χ1v) is 9.62. The number of anilines is 1. The smallest absolute Gasteiger partial charge is 0.326 e. The molecule has 8 nitrogen and oxygen atoms in total. The van der Waals surface area contributed by atoms with E-state index < -0.39 is 34.2 Å². The van der Waals surface area contributed by atoms with Gasteiger partial charge in [0.2, 0.25) is 0 Å². The van der Waals surface area contributed by atoms with Crippen LogP contribution in [-0.4, -0.2) is 42.1 Å². The van der Waals surface area contributed by atoms with Crippen LogP contribution in [0.15, 0.2) is 41.4 Å². The number of halogens is 2. The van der Waals surface area contributed by atoms with E-state index in [1.54, 1.807) is 13.8 Å². The average molecular weight is 410 g/mol. The zero-order chi connectivity index (χ0) is 20.5. The van der Waals surface area contributed by atoms with Crippen molar-refractivity contribution in [2.24, 2.45) is 0 Å². The molecule has 0 atom stereocenters. The van der Waals surface area contributed by atoms with Gasteiger partial charge in [0.1, 0.15) is 28.9 Å². The highest BCUT2D eigenvalue weighted by Gasteiger charge is 2.29. The zero-order valence-corrected chi connectivity index (χ0v) is 15.8. The van der Waals surface area contributed by atoms with Gasteiger partial charge in [0.15, 0.2) is 5.65 Å². The molecule has 11 heteroatoms. The van der Waals surface area contributed by atoms with Gasteiger partial charge in [-0.25, -0.2) is 17.2 Å². The Hall–Kier alpha value is -3.08. The highest BCUT2D eigenvalue weighted by molar-refractivity contribution is 7.92. The van der Waals surface area contributed by atoms with Crippen LogP contribution in [0.1, 0.15) is 12.7 Å². The van der Waals surface area contributed by atoms with E-state index in [0.717, 1.165) is 12.1 Å². The van der Waals surface area contributed by atoms with Gasteiger partial charge in [0.05, 0.1) is 12.3 Å². The van der Waals surface area contributed by atoms with Crippen LogP contribution in [-0.2, 0) is 19.6 Å². The van der Waals surface area contributed by atoms with E-state index in [1.165, 1.54) is 22.7 Å². The van der Waals surface area contributed by atoms with Crippen molar-refractivity contribution in [1.82, 2.24) is 14.6 Å². The first kappa shape index (κ1) is 19.7. The van der Waals surface area contributed by atoms with Crippen LogP contribution in [0.25, 0.3) is 5.65 Å². The second-order valence-corrected chi connectivity index (χ2v) is 7.65. The number of hydrogen-bond donors (Lipinski definition) is 0. The van der Waals surface area contributed by atoms with Gasteiger partial charge >= 0.3 is 5.97 Å². The summed E-state index contributed by atoms with van der Waals surface area (Å²) in [5.41, 5.74) is 0.0799. The number of nitrogens with zero attached hydrogens (tertiary/aromatic N) is 4. The molecular weight excluding hydrogens is 394 g/mol. The quantitative estimate of drug-likeness (QED) is 0.578. The van der Waals surface area contributed by atoms with Crippen molar-refractivity contribution in [3.8, 4) is 0 Å². The van der Waals surface area contributed by atoms with E-state index in [1.807, 2.05) is 0 Å². The third-order valence-electron chi connectivity index (χ3n) is 3.85. The molecule has 0 radical (unpaired) electrons. The third-order valence-corrected chi connectivity index (χ3v) is 5.60. The minimum atomic E-state index is -4.36. The predicted molar refractivity (Wildman–Crippen MR) is 95.2 cm³/mol. The number of esters is 1. The number of pyridine rings is 1. The molecule has 0 fully saturated rings. The number of rotatable bonds is 6. The zero-order valence-electron chi connectivity index (χ0n) is 15.0. The lowest BCUT2D eigenvalue weighted by Gasteiger charge is -2.23. The van der Waals surface area contributed by atoms with Crippen molar-refractivity contribution in [3.05, 3.63) is 54.0 Å². The molecule has 0 spiro atoms. The standard InChI is InChI=1S/C17H16F2N4O4S/c1-3-27-17(24)10-23(14-7-12(18)6-13(19)8-14)28(25,26)15-4-5-16-21-20-11(2)22(16)9-15/h4-9H,3,10H2,1-2H3. The Morgan fingerprint density at radius 1 is 1.18 bits per heavy atom. The molecule has 0 amide bonds. The molecule has 0 aliphatic heterocycles. The summed E-state index contributed by atoms with van der Waals surface area (Å²) in [7, 11) is -4.36. The largest absolute Gasteiger partial charge is 0.465 e. The van der Waals surface area contributed by atoms with E-state index >= 15 is 0 Å². The van der Waals surface area contributed by atoms with Gasteiger partial charge in [-0.2, -0.15) is 0 Å². The molecule has 148 valence electrons. The number of sulfonamides is 1. The Bertz CT molecular complexity index is 1130. The van der Waals surface area contributed by atoms with Gasteiger partial charge in [-0.15, -0.1) is 10.2 Å². The van der Waals surface area contributed by atoms with Crippen molar-refractivity contribution in [1.29, 1.82) is 0 Å². The lowest BCUT2D eigenvalue weighted by molar-refractivity contribution is -0.141. The molecule has 0 unspecified atom stereocenters. The molecule has 2 heterocycles. The number of carbonyl (C=O) groups excluding carboxylic acids is 1. The summed E-state index contributed by atoms with van der Waals surface area (Å²) in [5, 5.41) is 7.72. The highest BCUT2D eigenvalue weighted by atomic mass is 32.2. The molecule has 0 N–H and O–H groups in total. The SMILES string of the molecule is CCOC(=O)CN(c1cc(F)cc(F)c1)S(=O)(=O)c1ccc2nnc(C)n2c1. The average Bonchev–Trinajstić information content (AvgIpc) is 2.99. The molecule has 3 rings (SSSR count). The molecule has 3 aromatic rings.